The van der Waals surface area contributed by atoms with Crippen molar-refractivity contribution in [2.75, 3.05) is 7.11 Å². The highest BCUT2D eigenvalue weighted by atomic mass is 19.4. The average molecular weight is 194 g/mol. The SMILES string of the molecule is COC=C1CCC(C(F)(F)F)CC1. The van der Waals surface area contributed by atoms with Gasteiger partial charge < -0.3 is 4.74 Å². The van der Waals surface area contributed by atoms with Crippen molar-refractivity contribution in [1.82, 2.24) is 0 Å². The van der Waals surface area contributed by atoms with Gasteiger partial charge in [-0.05, 0) is 31.3 Å². The van der Waals surface area contributed by atoms with Crippen molar-refractivity contribution in [1.29, 1.82) is 0 Å². The Morgan fingerprint density at radius 1 is 1.31 bits per heavy atom. The molecule has 13 heavy (non-hydrogen) atoms. The Kier molecular flexibility index (Phi) is 3.22. The van der Waals surface area contributed by atoms with Crippen molar-refractivity contribution in [2.24, 2.45) is 5.92 Å². The number of rotatable bonds is 1. The van der Waals surface area contributed by atoms with Gasteiger partial charge in [0.2, 0.25) is 0 Å². The Morgan fingerprint density at radius 3 is 2.23 bits per heavy atom. The smallest absolute Gasteiger partial charge is 0.391 e. The van der Waals surface area contributed by atoms with Crippen molar-refractivity contribution >= 4 is 0 Å². The summed E-state index contributed by atoms with van der Waals surface area (Å²) in [6.07, 6.45) is -1.02. The quantitative estimate of drug-likeness (QED) is 0.582. The summed E-state index contributed by atoms with van der Waals surface area (Å²) >= 11 is 0. The van der Waals surface area contributed by atoms with Crippen LogP contribution in [0.5, 0.6) is 0 Å². The molecule has 0 aromatic rings. The zero-order valence-corrected chi connectivity index (χ0v) is 7.53. The van der Waals surface area contributed by atoms with Gasteiger partial charge in [0.15, 0.2) is 0 Å². The Labute approximate surface area is 75.6 Å². The van der Waals surface area contributed by atoms with Gasteiger partial charge in [0.1, 0.15) is 0 Å². The molecular weight excluding hydrogens is 181 g/mol. The fraction of sp³-hybridized carbons (Fsp3) is 0.778. The molecule has 4 heteroatoms. The molecule has 0 unspecified atom stereocenters. The molecular formula is C9H13F3O. The maximum atomic E-state index is 12.2. The van der Waals surface area contributed by atoms with Gasteiger partial charge in [-0.3, -0.25) is 0 Å². The maximum Gasteiger partial charge on any atom is 0.391 e. The molecule has 1 rings (SSSR count). The van der Waals surface area contributed by atoms with Crippen molar-refractivity contribution in [3.63, 3.8) is 0 Å². The lowest BCUT2D eigenvalue weighted by Gasteiger charge is -2.25. The number of alkyl halides is 3. The largest absolute Gasteiger partial charge is 0.504 e. The normalized spacial score (nSPS) is 24.3. The fourth-order valence-electron chi connectivity index (χ4n) is 1.60. The summed E-state index contributed by atoms with van der Waals surface area (Å²) in [5, 5.41) is 0. The molecule has 0 aliphatic heterocycles. The highest BCUT2D eigenvalue weighted by molar-refractivity contribution is 5.02. The Morgan fingerprint density at radius 2 is 1.85 bits per heavy atom. The van der Waals surface area contributed by atoms with Gasteiger partial charge in [0, 0.05) is 0 Å². The first-order valence-electron chi connectivity index (χ1n) is 4.31. The number of allylic oxidation sites excluding steroid dienone is 1. The summed E-state index contributed by atoms with van der Waals surface area (Å²) in [5.74, 6) is -1.11. The topological polar surface area (TPSA) is 9.23 Å². The number of hydrogen-bond acceptors (Lipinski definition) is 1. The van der Waals surface area contributed by atoms with E-state index in [1.54, 1.807) is 6.26 Å². The summed E-state index contributed by atoms with van der Waals surface area (Å²) in [6.45, 7) is 0. The third-order valence-corrected chi connectivity index (χ3v) is 2.38. The lowest BCUT2D eigenvalue weighted by molar-refractivity contribution is -0.179. The van der Waals surface area contributed by atoms with E-state index in [1.165, 1.54) is 7.11 Å². The van der Waals surface area contributed by atoms with Crippen LogP contribution in [0.25, 0.3) is 0 Å². The molecule has 0 spiro atoms. The summed E-state index contributed by atoms with van der Waals surface area (Å²) in [5.41, 5.74) is 0.989. The van der Waals surface area contributed by atoms with E-state index in [9.17, 15) is 13.2 Å². The van der Waals surface area contributed by atoms with Gasteiger partial charge in [-0.2, -0.15) is 13.2 Å². The molecule has 0 aromatic heterocycles. The van der Waals surface area contributed by atoms with Crippen LogP contribution in [0, 0.1) is 5.92 Å². The Bertz CT molecular complexity index is 186. The summed E-state index contributed by atoms with van der Waals surface area (Å²) < 4.78 is 41.4. The van der Waals surface area contributed by atoms with Gasteiger partial charge in [-0.1, -0.05) is 0 Å². The minimum atomic E-state index is -4.02. The first-order chi connectivity index (χ1) is 6.04. The molecule has 0 atom stereocenters. The third-order valence-electron chi connectivity index (χ3n) is 2.38. The van der Waals surface area contributed by atoms with E-state index >= 15 is 0 Å². The second-order valence-corrected chi connectivity index (χ2v) is 3.33. The molecule has 0 radical (unpaired) electrons. The van der Waals surface area contributed by atoms with Crippen LogP contribution in [-0.2, 0) is 4.74 Å². The number of hydrogen-bond donors (Lipinski definition) is 0. The van der Waals surface area contributed by atoms with Crippen molar-refractivity contribution in [3.05, 3.63) is 11.8 Å². The lowest BCUT2D eigenvalue weighted by Crippen LogP contribution is -2.25. The van der Waals surface area contributed by atoms with E-state index < -0.39 is 12.1 Å². The van der Waals surface area contributed by atoms with Crippen molar-refractivity contribution in [2.45, 2.75) is 31.9 Å². The standard InChI is InChI=1S/C9H13F3O/c1-13-6-7-2-4-8(5-3-7)9(10,11)12/h6,8H,2-5H2,1H3. The van der Waals surface area contributed by atoms with Crippen LogP contribution in [0.4, 0.5) is 13.2 Å². The van der Waals surface area contributed by atoms with Crippen LogP contribution in [-0.4, -0.2) is 13.3 Å². The van der Waals surface area contributed by atoms with Crippen LogP contribution in [0.1, 0.15) is 25.7 Å². The van der Waals surface area contributed by atoms with E-state index in [0.717, 1.165) is 5.57 Å². The number of halogens is 3. The molecule has 0 bridgehead atoms. The van der Waals surface area contributed by atoms with Crippen LogP contribution in [0.2, 0.25) is 0 Å². The van der Waals surface area contributed by atoms with Crippen LogP contribution >= 0.6 is 0 Å². The van der Waals surface area contributed by atoms with E-state index in [4.69, 9.17) is 4.74 Å². The van der Waals surface area contributed by atoms with Gasteiger partial charge >= 0.3 is 6.18 Å². The minimum absolute atomic E-state index is 0.207. The minimum Gasteiger partial charge on any atom is -0.504 e. The Hall–Kier alpha value is -0.670. The zero-order valence-electron chi connectivity index (χ0n) is 7.53. The molecule has 0 saturated heterocycles. The second kappa shape index (κ2) is 4.03. The fourth-order valence-corrected chi connectivity index (χ4v) is 1.60. The molecule has 0 N–H and O–H groups in total. The molecule has 1 fully saturated rings. The van der Waals surface area contributed by atoms with Crippen molar-refractivity contribution < 1.29 is 17.9 Å². The predicted molar refractivity (Wildman–Crippen MR) is 43.1 cm³/mol. The zero-order chi connectivity index (χ0) is 9.90. The molecule has 1 nitrogen and oxygen atoms in total. The summed E-state index contributed by atoms with van der Waals surface area (Å²) in [6, 6.07) is 0. The second-order valence-electron chi connectivity index (χ2n) is 3.33. The van der Waals surface area contributed by atoms with Gasteiger partial charge in [-0.15, -0.1) is 0 Å². The highest BCUT2D eigenvalue weighted by Crippen LogP contribution is 2.39. The van der Waals surface area contributed by atoms with Crippen LogP contribution in [0.3, 0.4) is 0 Å². The van der Waals surface area contributed by atoms with Crippen molar-refractivity contribution in [3.8, 4) is 0 Å². The molecule has 0 amide bonds. The van der Waals surface area contributed by atoms with Crippen LogP contribution < -0.4 is 0 Å². The molecule has 76 valence electrons. The lowest BCUT2D eigenvalue weighted by atomic mass is 9.86. The Balaban J connectivity index is 2.44. The van der Waals surface area contributed by atoms with Gasteiger partial charge in [0.05, 0.1) is 19.3 Å². The van der Waals surface area contributed by atoms with Crippen LogP contribution in [0.15, 0.2) is 11.8 Å². The molecule has 1 aliphatic carbocycles. The summed E-state index contributed by atoms with van der Waals surface area (Å²) in [7, 11) is 1.52. The number of ether oxygens (including phenoxy) is 1. The van der Waals surface area contributed by atoms with E-state index in [1.807, 2.05) is 0 Å². The monoisotopic (exact) mass is 194 g/mol. The first kappa shape index (κ1) is 10.4. The maximum absolute atomic E-state index is 12.2. The van der Waals surface area contributed by atoms with Gasteiger partial charge in [0.25, 0.3) is 0 Å². The molecule has 1 saturated carbocycles. The molecule has 0 aromatic carbocycles. The van der Waals surface area contributed by atoms with Gasteiger partial charge in [-0.25, -0.2) is 0 Å². The van der Waals surface area contributed by atoms with E-state index in [0.29, 0.717) is 12.8 Å². The predicted octanol–water partition coefficient (Wildman–Crippen LogP) is 3.27. The number of methoxy groups -OCH3 is 1. The highest BCUT2D eigenvalue weighted by Gasteiger charge is 2.40. The average Bonchev–Trinajstić information content (AvgIpc) is 2.04. The van der Waals surface area contributed by atoms with E-state index in [-0.39, 0.29) is 12.8 Å². The third kappa shape index (κ3) is 2.94. The van der Waals surface area contributed by atoms with E-state index in [2.05, 4.69) is 0 Å². The molecule has 1 aliphatic rings. The molecule has 0 heterocycles. The first-order valence-corrected chi connectivity index (χ1v) is 4.31. The summed E-state index contributed by atoms with van der Waals surface area (Å²) in [4.78, 5) is 0.